The standard InChI is InChI=1S/C9H21N3/c1-3-5-6-7-12(11)8-9(10)4-2/h8H,3-7,10-11H2,1-2H3/b9-8-. The smallest absolute Gasteiger partial charge is 0.0342 e. The SMILES string of the molecule is CCCCCN(N)/C=C(\N)CC. The quantitative estimate of drug-likeness (QED) is 0.362. The van der Waals surface area contributed by atoms with E-state index < -0.39 is 0 Å². The molecule has 0 heterocycles. The minimum atomic E-state index is 0.842. The largest absolute Gasteiger partial charge is 0.401 e. The molecule has 0 spiro atoms. The third kappa shape index (κ3) is 6.04. The Morgan fingerprint density at radius 2 is 2.00 bits per heavy atom. The molecule has 0 rings (SSSR count). The van der Waals surface area contributed by atoms with Crippen LogP contribution in [0.3, 0.4) is 0 Å². The number of hydrazine groups is 1. The second-order valence-electron chi connectivity index (χ2n) is 3.00. The summed E-state index contributed by atoms with van der Waals surface area (Å²) in [4.78, 5) is 0. The van der Waals surface area contributed by atoms with Crippen LogP contribution in [-0.4, -0.2) is 11.6 Å². The average Bonchev–Trinajstić information content (AvgIpc) is 2.05. The first-order valence-electron chi connectivity index (χ1n) is 4.68. The molecule has 0 fully saturated rings. The topological polar surface area (TPSA) is 55.3 Å². The molecule has 0 amide bonds. The van der Waals surface area contributed by atoms with Crippen LogP contribution >= 0.6 is 0 Å². The van der Waals surface area contributed by atoms with E-state index in [-0.39, 0.29) is 0 Å². The Morgan fingerprint density at radius 3 is 2.50 bits per heavy atom. The minimum absolute atomic E-state index is 0.842. The predicted octanol–water partition coefficient (Wildman–Crippen LogP) is 1.56. The van der Waals surface area contributed by atoms with Crippen molar-refractivity contribution in [1.29, 1.82) is 0 Å². The van der Waals surface area contributed by atoms with Gasteiger partial charge in [-0.05, 0) is 12.8 Å². The van der Waals surface area contributed by atoms with Crippen LogP contribution in [0.5, 0.6) is 0 Å². The fourth-order valence-electron chi connectivity index (χ4n) is 0.913. The lowest BCUT2D eigenvalue weighted by Gasteiger charge is -2.13. The van der Waals surface area contributed by atoms with E-state index in [9.17, 15) is 0 Å². The van der Waals surface area contributed by atoms with Crippen molar-refractivity contribution in [2.45, 2.75) is 39.5 Å². The van der Waals surface area contributed by atoms with Crippen molar-refractivity contribution in [2.24, 2.45) is 11.6 Å². The number of nitrogens with zero attached hydrogens (tertiary/aromatic N) is 1. The average molecular weight is 171 g/mol. The fraction of sp³-hybridized carbons (Fsp3) is 0.778. The number of unbranched alkanes of at least 4 members (excludes halogenated alkanes) is 2. The van der Waals surface area contributed by atoms with Gasteiger partial charge in [-0.25, -0.2) is 5.84 Å². The molecule has 0 unspecified atom stereocenters. The van der Waals surface area contributed by atoms with Crippen LogP contribution in [0.25, 0.3) is 0 Å². The van der Waals surface area contributed by atoms with Crippen LogP contribution in [0.1, 0.15) is 39.5 Å². The van der Waals surface area contributed by atoms with Crippen molar-refractivity contribution < 1.29 is 0 Å². The summed E-state index contributed by atoms with van der Waals surface area (Å²) < 4.78 is 0. The van der Waals surface area contributed by atoms with Crippen LogP contribution < -0.4 is 11.6 Å². The van der Waals surface area contributed by atoms with Crippen LogP contribution in [0.4, 0.5) is 0 Å². The van der Waals surface area contributed by atoms with Crippen LogP contribution in [-0.2, 0) is 0 Å². The zero-order valence-corrected chi connectivity index (χ0v) is 8.21. The Balaban J connectivity index is 3.51. The van der Waals surface area contributed by atoms with Crippen molar-refractivity contribution in [3.63, 3.8) is 0 Å². The zero-order valence-electron chi connectivity index (χ0n) is 8.21. The van der Waals surface area contributed by atoms with E-state index >= 15 is 0 Å². The van der Waals surface area contributed by atoms with Gasteiger partial charge >= 0.3 is 0 Å². The molecule has 12 heavy (non-hydrogen) atoms. The highest BCUT2D eigenvalue weighted by molar-refractivity contribution is 4.93. The molecule has 0 atom stereocenters. The predicted molar refractivity (Wildman–Crippen MR) is 53.0 cm³/mol. The molecule has 0 bridgehead atoms. The zero-order chi connectivity index (χ0) is 9.40. The number of hydrogen-bond donors (Lipinski definition) is 2. The first-order valence-corrected chi connectivity index (χ1v) is 4.68. The van der Waals surface area contributed by atoms with E-state index in [4.69, 9.17) is 11.6 Å². The van der Waals surface area contributed by atoms with Gasteiger partial charge in [0, 0.05) is 18.4 Å². The lowest BCUT2D eigenvalue weighted by molar-refractivity contribution is 0.376. The van der Waals surface area contributed by atoms with Crippen molar-refractivity contribution in [3.05, 3.63) is 11.9 Å². The van der Waals surface area contributed by atoms with E-state index in [1.54, 1.807) is 5.01 Å². The van der Waals surface area contributed by atoms with Gasteiger partial charge in [0.1, 0.15) is 0 Å². The van der Waals surface area contributed by atoms with Gasteiger partial charge in [-0.3, -0.25) is 0 Å². The van der Waals surface area contributed by atoms with Gasteiger partial charge in [0.2, 0.25) is 0 Å². The molecule has 0 saturated carbocycles. The first-order chi connectivity index (χ1) is 5.70. The maximum absolute atomic E-state index is 5.67. The number of nitrogens with two attached hydrogens (primary N) is 2. The molecular weight excluding hydrogens is 150 g/mol. The van der Waals surface area contributed by atoms with Gasteiger partial charge in [-0.2, -0.15) is 0 Å². The van der Waals surface area contributed by atoms with E-state index in [2.05, 4.69) is 6.92 Å². The lowest BCUT2D eigenvalue weighted by atomic mass is 10.2. The first kappa shape index (κ1) is 11.3. The molecule has 0 aliphatic carbocycles. The summed E-state index contributed by atoms with van der Waals surface area (Å²) >= 11 is 0. The maximum Gasteiger partial charge on any atom is 0.0342 e. The Bertz CT molecular complexity index is 132. The molecule has 0 aromatic carbocycles. The van der Waals surface area contributed by atoms with Crippen LogP contribution in [0.2, 0.25) is 0 Å². The highest BCUT2D eigenvalue weighted by Crippen LogP contribution is 1.97. The molecule has 3 heteroatoms. The summed E-state index contributed by atoms with van der Waals surface area (Å²) in [5, 5.41) is 1.68. The third-order valence-corrected chi connectivity index (χ3v) is 1.76. The Hall–Kier alpha value is -0.700. The summed E-state index contributed by atoms with van der Waals surface area (Å²) in [6.45, 7) is 5.09. The van der Waals surface area contributed by atoms with Crippen LogP contribution in [0, 0.1) is 0 Å². The van der Waals surface area contributed by atoms with Crippen molar-refractivity contribution in [3.8, 4) is 0 Å². The second kappa shape index (κ2) is 6.98. The van der Waals surface area contributed by atoms with Gasteiger partial charge in [0.25, 0.3) is 0 Å². The minimum Gasteiger partial charge on any atom is -0.401 e. The molecule has 0 aromatic heterocycles. The number of allylic oxidation sites excluding steroid dienone is 1. The molecule has 72 valence electrons. The van der Waals surface area contributed by atoms with E-state index in [1.165, 1.54) is 12.8 Å². The van der Waals surface area contributed by atoms with Gasteiger partial charge in [0.15, 0.2) is 0 Å². The van der Waals surface area contributed by atoms with Crippen molar-refractivity contribution in [2.75, 3.05) is 6.54 Å². The van der Waals surface area contributed by atoms with E-state index in [0.29, 0.717) is 0 Å². The van der Waals surface area contributed by atoms with Crippen molar-refractivity contribution >= 4 is 0 Å². The van der Waals surface area contributed by atoms with Gasteiger partial charge in [-0.1, -0.05) is 26.7 Å². The maximum atomic E-state index is 5.67. The summed E-state index contributed by atoms with van der Waals surface area (Å²) in [6.07, 6.45) is 6.27. The second-order valence-corrected chi connectivity index (χ2v) is 3.00. The Morgan fingerprint density at radius 1 is 1.33 bits per heavy atom. The van der Waals surface area contributed by atoms with Gasteiger partial charge < -0.3 is 10.7 Å². The molecule has 0 aromatic rings. The molecular formula is C9H21N3. The van der Waals surface area contributed by atoms with Crippen LogP contribution in [0.15, 0.2) is 11.9 Å². The lowest BCUT2D eigenvalue weighted by Crippen LogP contribution is -2.27. The fourth-order valence-corrected chi connectivity index (χ4v) is 0.913. The summed E-state index contributed by atoms with van der Waals surface area (Å²) in [5.74, 6) is 5.67. The monoisotopic (exact) mass is 171 g/mol. The van der Waals surface area contributed by atoms with Gasteiger partial charge in [-0.15, -0.1) is 0 Å². The van der Waals surface area contributed by atoms with Crippen molar-refractivity contribution in [1.82, 2.24) is 5.01 Å². The Kier molecular flexibility index (Phi) is 6.57. The van der Waals surface area contributed by atoms with Gasteiger partial charge in [0.05, 0.1) is 0 Å². The number of rotatable bonds is 6. The van der Waals surface area contributed by atoms with E-state index in [0.717, 1.165) is 25.1 Å². The highest BCUT2D eigenvalue weighted by Gasteiger charge is 1.93. The molecule has 3 nitrogen and oxygen atoms in total. The summed E-state index contributed by atoms with van der Waals surface area (Å²) in [6, 6.07) is 0. The Labute approximate surface area is 75.4 Å². The third-order valence-electron chi connectivity index (χ3n) is 1.76. The molecule has 4 N–H and O–H groups in total. The van der Waals surface area contributed by atoms with E-state index in [1.807, 2.05) is 13.1 Å². The summed E-state index contributed by atoms with van der Waals surface area (Å²) in [7, 11) is 0. The highest BCUT2D eigenvalue weighted by atomic mass is 15.4. The number of hydrogen-bond acceptors (Lipinski definition) is 3. The molecule has 0 aliphatic rings. The molecule has 0 radical (unpaired) electrons. The molecule has 0 aliphatic heterocycles. The normalized spacial score (nSPS) is 11.8. The summed E-state index contributed by atoms with van der Waals surface area (Å²) in [5.41, 5.74) is 6.46. The molecule has 0 saturated heterocycles.